The maximum absolute atomic E-state index is 12.6. The van der Waals surface area contributed by atoms with E-state index in [9.17, 15) is 4.79 Å². The molecule has 1 aromatic heterocycles. The van der Waals surface area contributed by atoms with Crippen LogP contribution in [0.1, 0.15) is 26.7 Å². The molecule has 0 bridgehead atoms. The quantitative estimate of drug-likeness (QED) is 0.884. The van der Waals surface area contributed by atoms with Gasteiger partial charge in [-0.05, 0) is 24.7 Å². The van der Waals surface area contributed by atoms with Crippen LogP contribution in [0, 0.1) is 11.8 Å². The highest BCUT2D eigenvalue weighted by molar-refractivity contribution is 5.89. The third-order valence-electron chi connectivity index (χ3n) is 4.86. The van der Waals surface area contributed by atoms with Gasteiger partial charge in [0, 0.05) is 45.5 Å². The van der Waals surface area contributed by atoms with Crippen molar-refractivity contribution in [2.75, 3.05) is 51.3 Å². The zero-order valence-electron chi connectivity index (χ0n) is 15.5. The lowest BCUT2D eigenvalue weighted by Gasteiger charge is -2.36. The van der Waals surface area contributed by atoms with Crippen LogP contribution in [0.2, 0.25) is 0 Å². The maximum Gasteiger partial charge on any atom is 0.321 e. The van der Waals surface area contributed by atoms with Crippen LogP contribution in [0.15, 0.2) is 12.4 Å². The summed E-state index contributed by atoms with van der Waals surface area (Å²) >= 11 is 0. The van der Waals surface area contributed by atoms with Crippen LogP contribution in [0.4, 0.5) is 10.5 Å². The number of anilines is 1. The fourth-order valence-corrected chi connectivity index (χ4v) is 3.65. The first-order chi connectivity index (χ1) is 12.1. The number of hydrogen-bond acceptors (Lipinski definition) is 4. The van der Waals surface area contributed by atoms with Gasteiger partial charge in [-0.15, -0.1) is 0 Å². The van der Waals surface area contributed by atoms with Gasteiger partial charge in [-0.25, -0.2) is 4.79 Å². The van der Waals surface area contributed by atoms with Crippen molar-refractivity contribution in [1.29, 1.82) is 0 Å². The normalized spacial score (nSPS) is 22.4. The van der Waals surface area contributed by atoms with Crippen LogP contribution in [0.5, 0.6) is 0 Å². The number of urea groups is 1. The molecule has 1 atom stereocenters. The minimum absolute atomic E-state index is 0.00391. The summed E-state index contributed by atoms with van der Waals surface area (Å²) in [6.45, 7) is 11.6. The van der Waals surface area contributed by atoms with Crippen molar-refractivity contribution in [3.05, 3.63) is 12.4 Å². The lowest BCUT2D eigenvalue weighted by molar-refractivity contribution is 0.0252. The maximum atomic E-state index is 12.6. The number of amides is 2. The predicted octanol–water partition coefficient (Wildman–Crippen LogP) is 2.12. The van der Waals surface area contributed by atoms with Crippen molar-refractivity contribution < 1.29 is 9.53 Å². The molecule has 140 valence electrons. The number of morpholine rings is 1. The Kier molecular flexibility index (Phi) is 6.31. The SMILES string of the molecule is CC(C)Cn1cc(NC(=O)N2CCC[C@H](CN3CCOCC3)C2)cn1. The van der Waals surface area contributed by atoms with E-state index in [-0.39, 0.29) is 6.03 Å². The molecule has 3 rings (SSSR count). The molecule has 7 heteroatoms. The predicted molar refractivity (Wildman–Crippen MR) is 97.6 cm³/mol. The van der Waals surface area contributed by atoms with Crippen LogP contribution in [-0.2, 0) is 11.3 Å². The number of piperidine rings is 1. The Morgan fingerprint density at radius 1 is 1.36 bits per heavy atom. The Morgan fingerprint density at radius 3 is 2.92 bits per heavy atom. The van der Waals surface area contributed by atoms with E-state index >= 15 is 0 Å². The van der Waals surface area contributed by atoms with Gasteiger partial charge in [-0.1, -0.05) is 13.8 Å². The van der Waals surface area contributed by atoms with E-state index in [0.29, 0.717) is 11.8 Å². The average Bonchev–Trinajstić information content (AvgIpc) is 3.02. The lowest BCUT2D eigenvalue weighted by atomic mass is 9.97. The fraction of sp³-hybridized carbons (Fsp3) is 0.778. The Hall–Kier alpha value is -1.60. The molecule has 2 aliphatic heterocycles. The summed E-state index contributed by atoms with van der Waals surface area (Å²) in [6.07, 6.45) is 5.92. The largest absolute Gasteiger partial charge is 0.379 e. The van der Waals surface area contributed by atoms with E-state index in [0.717, 1.165) is 64.6 Å². The summed E-state index contributed by atoms with van der Waals surface area (Å²) in [6, 6.07) is -0.00391. The highest BCUT2D eigenvalue weighted by Gasteiger charge is 2.26. The molecule has 2 saturated heterocycles. The number of ether oxygens (including phenoxy) is 1. The minimum atomic E-state index is -0.00391. The number of nitrogens with one attached hydrogen (secondary N) is 1. The fourth-order valence-electron chi connectivity index (χ4n) is 3.65. The number of carbonyl (C=O) groups excluding carboxylic acids is 1. The van der Waals surface area contributed by atoms with Crippen LogP contribution >= 0.6 is 0 Å². The molecule has 0 radical (unpaired) electrons. The summed E-state index contributed by atoms with van der Waals surface area (Å²) in [5, 5.41) is 7.31. The Balaban J connectivity index is 1.48. The summed E-state index contributed by atoms with van der Waals surface area (Å²) in [5.41, 5.74) is 0.779. The van der Waals surface area contributed by atoms with Gasteiger partial charge in [-0.3, -0.25) is 9.58 Å². The van der Waals surface area contributed by atoms with Gasteiger partial charge in [0.05, 0.1) is 25.1 Å². The first kappa shape index (κ1) is 18.2. The molecule has 2 aliphatic rings. The van der Waals surface area contributed by atoms with Crippen LogP contribution in [-0.4, -0.2) is 71.5 Å². The molecular weight excluding hydrogens is 318 g/mol. The molecule has 2 fully saturated rings. The highest BCUT2D eigenvalue weighted by atomic mass is 16.5. The molecule has 1 aromatic rings. The van der Waals surface area contributed by atoms with Crippen molar-refractivity contribution in [3.8, 4) is 0 Å². The summed E-state index contributed by atoms with van der Waals surface area (Å²) < 4.78 is 7.30. The van der Waals surface area contributed by atoms with Gasteiger partial charge in [0.1, 0.15) is 0 Å². The van der Waals surface area contributed by atoms with Crippen molar-refractivity contribution in [1.82, 2.24) is 19.6 Å². The standard InChI is InChI=1S/C18H31N5O2/c1-15(2)11-23-14-17(10-19-23)20-18(24)22-5-3-4-16(13-22)12-21-6-8-25-9-7-21/h10,14-16H,3-9,11-13H2,1-2H3,(H,20,24)/t16-/m1/s1. The molecular formula is C18H31N5O2. The Morgan fingerprint density at radius 2 is 2.16 bits per heavy atom. The molecule has 0 aliphatic carbocycles. The van der Waals surface area contributed by atoms with Crippen LogP contribution < -0.4 is 5.32 Å². The minimum Gasteiger partial charge on any atom is -0.379 e. The van der Waals surface area contributed by atoms with Crippen molar-refractivity contribution in [2.45, 2.75) is 33.2 Å². The summed E-state index contributed by atoms with van der Waals surface area (Å²) in [5.74, 6) is 1.09. The number of hydrogen-bond donors (Lipinski definition) is 1. The average molecular weight is 349 g/mol. The number of rotatable bonds is 5. The van der Waals surface area contributed by atoms with Gasteiger partial charge >= 0.3 is 6.03 Å². The van der Waals surface area contributed by atoms with E-state index in [4.69, 9.17) is 4.74 Å². The van der Waals surface area contributed by atoms with E-state index in [1.165, 1.54) is 6.42 Å². The monoisotopic (exact) mass is 349 g/mol. The smallest absolute Gasteiger partial charge is 0.321 e. The van der Waals surface area contributed by atoms with Crippen LogP contribution in [0.3, 0.4) is 0 Å². The zero-order valence-corrected chi connectivity index (χ0v) is 15.5. The molecule has 7 nitrogen and oxygen atoms in total. The number of nitrogens with zero attached hydrogens (tertiary/aromatic N) is 4. The topological polar surface area (TPSA) is 62.6 Å². The lowest BCUT2D eigenvalue weighted by Crippen LogP contribution is -2.47. The zero-order chi connectivity index (χ0) is 17.6. The van der Waals surface area contributed by atoms with Crippen LogP contribution in [0.25, 0.3) is 0 Å². The van der Waals surface area contributed by atoms with Gasteiger partial charge < -0.3 is 15.0 Å². The second-order valence-electron chi connectivity index (χ2n) is 7.64. The van der Waals surface area contributed by atoms with Gasteiger partial charge in [0.2, 0.25) is 0 Å². The molecule has 2 amide bonds. The van der Waals surface area contributed by atoms with E-state index in [1.807, 2.05) is 15.8 Å². The van der Waals surface area contributed by atoms with E-state index in [1.54, 1.807) is 6.20 Å². The molecule has 25 heavy (non-hydrogen) atoms. The van der Waals surface area contributed by atoms with E-state index in [2.05, 4.69) is 29.2 Å². The highest BCUT2D eigenvalue weighted by Crippen LogP contribution is 2.19. The van der Waals surface area contributed by atoms with Crippen molar-refractivity contribution >= 4 is 11.7 Å². The van der Waals surface area contributed by atoms with Crippen molar-refractivity contribution in [2.24, 2.45) is 11.8 Å². The molecule has 0 saturated carbocycles. The van der Waals surface area contributed by atoms with E-state index < -0.39 is 0 Å². The number of aromatic nitrogens is 2. The Bertz CT molecular complexity index is 553. The third kappa shape index (κ3) is 5.44. The van der Waals surface area contributed by atoms with Gasteiger partial charge in [-0.2, -0.15) is 5.10 Å². The molecule has 3 heterocycles. The summed E-state index contributed by atoms with van der Waals surface area (Å²) in [7, 11) is 0. The second kappa shape index (κ2) is 8.67. The molecule has 1 N–H and O–H groups in total. The molecule has 0 spiro atoms. The summed E-state index contributed by atoms with van der Waals surface area (Å²) in [4.78, 5) is 17.0. The number of carbonyl (C=O) groups is 1. The van der Waals surface area contributed by atoms with Gasteiger partial charge in [0.15, 0.2) is 0 Å². The first-order valence-electron chi connectivity index (χ1n) is 9.48. The number of likely N-dealkylation sites (tertiary alicyclic amines) is 1. The molecule has 0 unspecified atom stereocenters. The Labute approximate surface area is 150 Å². The van der Waals surface area contributed by atoms with Crippen molar-refractivity contribution in [3.63, 3.8) is 0 Å². The first-order valence-corrected chi connectivity index (χ1v) is 9.48. The molecule has 0 aromatic carbocycles. The third-order valence-corrected chi connectivity index (χ3v) is 4.86. The second-order valence-corrected chi connectivity index (χ2v) is 7.64. The van der Waals surface area contributed by atoms with Gasteiger partial charge in [0.25, 0.3) is 0 Å².